The summed E-state index contributed by atoms with van der Waals surface area (Å²) in [5.41, 5.74) is 12.8. The molecule has 1 heterocycles. The minimum Gasteiger partial charge on any atom is -0.460 e. The van der Waals surface area contributed by atoms with E-state index in [1.165, 1.54) is 6.92 Å². The molecule has 11 atom stereocenters. The molecule has 8 unspecified atom stereocenters. The molecule has 1 saturated heterocycles. The molecular formula is C30H46N2O6. The smallest absolute Gasteiger partial charge is 0.302 e. The quantitative estimate of drug-likeness (QED) is 0.484. The van der Waals surface area contributed by atoms with Crippen LogP contribution in [0.4, 0.5) is 0 Å². The van der Waals surface area contributed by atoms with Crippen molar-refractivity contribution in [1.29, 1.82) is 0 Å². The second-order valence-corrected chi connectivity index (χ2v) is 13.3. The van der Waals surface area contributed by atoms with Crippen molar-refractivity contribution in [2.24, 2.45) is 64.2 Å². The van der Waals surface area contributed by atoms with Crippen LogP contribution in [0.5, 0.6) is 0 Å². The van der Waals surface area contributed by atoms with Gasteiger partial charge < -0.3 is 25.7 Å². The maximum atomic E-state index is 13.9. The Morgan fingerprint density at radius 2 is 1.92 bits per heavy atom. The van der Waals surface area contributed by atoms with E-state index < -0.39 is 12.0 Å². The van der Waals surface area contributed by atoms with Gasteiger partial charge in [0.15, 0.2) is 5.78 Å². The summed E-state index contributed by atoms with van der Waals surface area (Å²) in [5, 5.41) is 0. The molecule has 212 valence electrons. The van der Waals surface area contributed by atoms with Gasteiger partial charge in [-0.2, -0.15) is 0 Å². The Labute approximate surface area is 226 Å². The first-order valence-corrected chi connectivity index (χ1v) is 14.7. The fourth-order valence-corrected chi connectivity index (χ4v) is 9.29. The zero-order valence-electron chi connectivity index (χ0n) is 23.4. The molecular weight excluding hydrogens is 484 g/mol. The number of rotatable bonds is 7. The van der Waals surface area contributed by atoms with Crippen molar-refractivity contribution >= 4 is 17.7 Å². The van der Waals surface area contributed by atoms with Crippen LogP contribution >= 0.6 is 0 Å². The van der Waals surface area contributed by atoms with Gasteiger partial charge in [0, 0.05) is 30.2 Å². The average Bonchev–Trinajstić information content (AvgIpc) is 2.82. The van der Waals surface area contributed by atoms with Gasteiger partial charge >= 0.3 is 5.97 Å². The monoisotopic (exact) mass is 530 g/mol. The first kappa shape index (κ1) is 27.8. The number of nitrogens with two attached hydrogens (primary N) is 2. The fourth-order valence-electron chi connectivity index (χ4n) is 9.29. The van der Waals surface area contributed by atoms with Crippen LogP contribution in [0, 0.1) is 52.8 Å². The third-order valence-corrected chi connectivity index (χ3v) is 10.4. The highest BCUT2D eigenvalue weighted by Gasteiger charge is 2.64. The number of carbonyl (C=O) groups is 3. The van der Waals surface area contributed by atoms with Crippen LogP contribution in [0.3, 0.4) is 0 Å². The van der Waals surface area contributed by atoms with Gasteiger partial charge in [0.05, 0.1) is 31.8 Å². The zero-order valence-corrected chi connectivity index (χ0v) is 23.4. The van der Waals surface area contributed by atoms with Crippen molar-refractivity contribution in [3.63, 3.8) is 0 Å². The topological polar surface area (TPSA) is 131 Å². The zero-order chi connectivity index (χ0) is 27.4. The van der Waals surface area contributed by atoms with Crippen LogP contribution in [0.1, 0.15) is 66.2 Å². The molecule has 0 aromatic rings. The molecule has 4 N–H and O–H groups in total. The highest BCUT2D eigenvalue weighted by atomic mass is 16.6. The van der Waals surface area contributed by atoms with Gasteiger partial charge in [-0.15, -0.1) is 0 Å². The predicted octanol–water partition coefficient (Wildman–Crippen LogP) is 3.01. The Kier molecular flexibility index (Phi) is 7.79. The Balaban J connectivity index is 1.50. The summed E-state index contributed by atoms with van der Waals surface area (Å²) in [6.07, 6.45) is 6.55. The van der Waals surface area contributed by atoms with Crippen molar-refractivity contribution < 1.29 is 28.6 Å². The van der Waals surface area contributed by atoms with Crippen molar-refractivity contribution in [3.05, 3.63) is 11.6 Å². The number of amides is 1. The van der Waals surface area contributed by atoms with Crippen molar-refractivity contribution in [2.45, 2.75) is 84.5 Å². The Hall–Kier alpha value is -1.77. The number of hydrogen-bond acceptors (Lipinski definition) is 7. The van der Waals surface area contributed by atoms with Crippen LogP contribution in [-0.4, -0.2) is 55.7 Å². The lowest BCUT2D eigenvalue weighted by atomic mass is 9.45. The van der Waals surface area contributed by atoms with Gasteiger partial charge in [0.2, 0.25) is 5.91 Å². The molecule has 4 fully saturated rings. The number of carbonyl (C=O) groups excluding carboxylic acids is 3. The van der Waals surface area contributed by atoms with Gasteiger partial charge in [-0.25, -0.2) is 0 Å². The molecule has 1 amide bonds. The summed E-state index contributed by atoms with van der Waals surface area (Å²) in [6.45, 7) is 9.13. The molecule has 8 nitrogen and oxygen atoms in total. The SMILES string of the molecule is CC(=O)O[C@@H]1C[C@@]23COCC(C2CCC2C3=CC(=O)C3C2CCC(CC(C)C)C3C(N)=O)[C@H]1OCC(C)N. The molecule has 5 rings (SSSR count). The molecule has 8 heteroatoms. The fraction of sp³-hybridized carbons (Fsp3) is 0.833. The summed E-state index contributed by atoms with van der Waals surface area (Å²) < 4.78 is 18.4. The maximum absolute atomic E-state index is 13.9. The molecule has 0 spiro atoms. The van der Waals surface area contributed by atoms with Crippen LogP contribution < -0.4 is 11.5 Å². The van der Waals surface area contributed by atoms with Crippen molar-refractivity contribution in [2.75, 3.05) is 19.8 Å². The predicted molar refractivity (Wildman–Crippen MR) is 141 cm³/mol. The standard InChI is InChI=1S/C30H46N2O6/c1-15(2)9-18-5-6-20-19-7-8-22-21-13-36-14-30(22,23(19)10-24(34)27(20)26(18)29(32)35)11-25(38-17(4)33)28(21)37-12-16(3)31/h10,15-16,18-22,25-28H,5-9,11-14,31H2,1-4H3,(H2,32,35)/t16?,18?,19?,20?,21?,22?,25-,26?,27?,28-,30-/m1/s1. The summed E-state index contributed by atoms with van der Waals surface area (Å²) in [5.74, 6) is -0.0247. The average molecular weight is 531 g/mol. The van der Waals surface area contributed by atoms with E-state index in [4.69, 9.17) is 25.7 Å². The molecule has 38 heavy (non-hydrogen) atoms. The third kappa shape index (κ3) is 4.75. The number of hydrogen-bond donors (Lipinski definition) is 2. The van der Waals surface area contributed by atoms with Crippen molar-refractivity contribution in [3.8, 4) is 0 Å². The molecule has 0 aromatic carbocycles. The third-order valence-electron chi connectivity index (χ3n) is 10.4. The highest BCUT2D eigenvalue weighted by Crippen LogP contribution is 2.64. The Morgan fingerprint density at radius 3 is 2.58 bits per heavy atom. The normalized spacial score (nSPS) is 42.8. The molecule has 1 aliphatic heterocycles. The Bertz CT molecular complexity index is 978. The van der Waals surface area contributed by atoms with E-state index in [-0.39, 0.29) is 70.7 Å². The second kappa shape index (κ2) is 10.7. The number of ether oxygens (including phenoxy) is 3. The van der Waals surface area contributed by atoms with Gasteiger partial charge in [-0.3, -0.25) is 14.4 Å². The largest absolute Gasteiger partial charge is 0.460 e. The second-order valence-electron chi connectivity index (χ2n) is 13.3. The molecule has 3 saturated carbocycles. The molecule has 2 bridgehead atoms. The van der Waals surface area contributed by atoms with Crippen LogP contribution in [0.15, 0.2) is 11.6 Å². The van der Waals surface area contributed by atoms with Crippen LogP contribution in [0.2, 0.25) is 0 Å². The summed E-state index contributed by atoms with van der Waals surface area (Å²) >= 11 is 0. The first-order valence-electron chi connectivity index (χ1n) is 14.7. The van der Waals surface area contributed by atoms with E-state index in [1.807, 2.05) is 13.0 Å². The number of fused-ring (bicyclic) bond motifs is 3. The molecule has 4 aliphatic carbocycles. The number of ketones is 1. The first-order chi connectivity index (χ1) is 18.0. The molecule has 0 radical (unpaired) electrons. The molecule has 5 aliphatic rings. The molecule has 0 aromatic heterocycles. The van der Waals surface area contributed by atoms with Crippen LogP contribution in [0.25, 0.3) is 0 Å². The van der Waals surface area contributed by atoms with Gasteiger partial charge in [-0.1, -0.05) is 19.4 Å². The minimum absolute atomic E-state index is 0.0509. The lowest BCUT2D eigenvalue weighted by molar-refractivity contribution is -0.225. The van der Waals surface area contributed by atoms with Crippen molar-refractivity contribution in [1.82, 2.24) is 0 Å². The van der Waals surface area contributed by atoms with E-state index in [2.05, 4.69) is 13.8 Å². The number of allylic oxidation sites excluding steroid dienone is 1. The number of esters is 1. The van der Waals surface area contributed by atoms with Gasteiger partial charge in [-0.05, 0) is 81.1 Å². The number of primary amides is 1. The van der Waals surface area contributed by atoms with Crippen LogP contribution in [-0.2, 0) is 28.6 Å². The van der Waals surface area contributed by atoms with E-state index in [1.54, 1.807) is 0 Å². The van der Waals surface area contributed by atoms with E-state index in [9.17, 15) is 14.4 Å². The highest BCUT2D eigenvalue weighted by molar-refractivity contribution is 5.97. The summed E-state index contributed by atoms with van der Waals surface area (Å²) in [4.78, 5) is 38.8. The van der Waals surface area contributed by atoms with Gasteiger partial charge in [0.1, 0.15) is 6.10 Å². The van der Waals surface area contributed by atoms with Gasteiger partial charge in [0.25, 0.3) is 0 Å². The van der Waals surface area contributed by atoms with E-state index in [0.717, 1.165) is 37.7 Å². The Morgan fingerprint density at radius 1 is 1.16 bits per heavy atom. The minimum atomic E-state index is -0.413. The lowest BCUT2D eigenvalue weighted by Crippen LogP contribution is -2.64. The van der Waals surface area contributed by atoms with E-state index >= 15 is 0 Å². The summed E-state index contributed by atoms with van der Waals surface area (Å²) in [7, 11) is 0. The lowest BCUT2D eigenvalue weighted by Gasteiger charge is -2.63. The van der Waals surface area contributed by atoms with E-state index in [0.29, 0.717) is 32.2 Å². The summed E-state index contributed by atoms with van der Waals surface area (Å²) in [6, 6.07) is -0.125. The maximum Gasteiger partial charge on any atom is 0.302 e.